The minimum atomic E-state index is -0.882. The van der Waals surface area contributed by atoms with Gasteiger partial charge in [-0.2, -0.15) is 0 Å². The van der Waals surface area contributed by atoms with Crippen molar-refractivity contribution in [3.8, 4) is 0 Å². The van der Waals surface area contributed by atoms with Gasteiger partial charge in [0.1, 0.15) is 0 Å². The van der Waals surface area contributed by atoms with Gasteiger partial charge in [0.2, 0.25) is 0 Å². The van der Waals surface area contributed by atoms with Crippen LogP contribution >= 0.6 is 23.2 Å². The van der Waals surface area contributed by atoms with E-state index in [-0.39, 0.29) is 16.5 Å². The number of amides is 1. The Hall–Kier alpha value is -1.26. The van der Waals surface area contributed by atoms with Crippen LogP contribution in [0.3, 0.4) is 0 Å². The number of carbonyl (C=O) groups is 2. The summed E-state index contributed by atoms with van der Waals surface area (Å²) < 4.78 is 4.99. The highest BCUT2D eigenvalue weighted by Gasteiger charge is 2.20. The molecule has 4 nitrogen and oxygen atoms in total. The maximum Gasteiger partial charge on any atom is 0.340 e. The maximum atomic E-state index is 11.8. The SMILES string of the molecule is CCNC(=O)[C@H](C)OC(=O)c1cc(Cl)ccc1Cl. The number of carbonyl (C=O) groups excluding carboxylic acids is 2. The van der Waals surface area contributed by atoms with E-state index in [2.05, 4.69) is 5.32 Å². The van der Waals surface area contributed by atoms with Crippen LogP contribution in [0, 0.1) is 0 Å². The lowest BCUT2D eigenvalue weighted by Crippen LogP contribution is -2.35. The van der Waals surface area contributed by atoms with Gasteiger partial charge in [0.05, 0.1) is 10.6 Å². The molecule has 0 saturated heterocycles. The fraction of sp³-hybridized carbons (Fsp3) is 0.333. The smallest absolute Gasteiger partial charge is 0.340 e. The van der Waals surface area contributed by atoms with Crippen molar-refractivity contribution in [3.05, 3.63) is 33.8 Å². The molecule has 1 rings (SSSR count). The van der Waals surface area contributed by atoms with Crippen LogP contribution in [-0.2, 0) is 9.53 Å². The lowest BCUT2D eigenvalue weighted by Gasteiger charge is -2.13. The van der Waals surface area contributed by atoms with E-state index in [1.807, 2.05) is 0 Å². The highest BCUT2D eigenvalue weighted by molar-refractivity contribution is 6.35. The highest BCUT2D eigenvalue weighted by Crippen LogP contribution is 2.21. The summed E-state index contributed by atoms with van der Waals surface area (Å²) in [5, 5.41) is 3.15. The number of ether oxygens (including phenoxy) is 1. The molecule has 6 heteroatoms. The summed E-state index contributed by atoms with van der Waals surface area (Å²) in [6.07, 6.45) is -0.882. The molecule has 0 spiro atoms. The van der Waals surface area contributed by atoms with Gasteiger partial charge in [0.25, 0.3) is 5.91 Å². The summed E-state index contributed by atoms with van der Waals surface area (Å²) >= 11 is 11.6. The van der Waals surface area contributed by atoms with Gasteiger partial charge in [-0.05, 0) is 32.0 Å². The van der Waals surface area contributed by atoms with Gasteiger partial charge in [-0.1, -0.05) is 23.2 Å². The van der Waals surface area contributed by atoms with Crippen molar-refractivity contribution in [2.45, 2.75) is 20.0 Å². The first-order valence-electron chi connectivity index (χ1n) is 5.39. The molecule has 98 valence electrons. The van der Waals surface area contributed by atoms with Gasteiger partial charge >= 0.3 is 5.97 Å². The van der Waals surface area contributed by atoms with Gasteiger partial charge in [0.15, 0.2) is 6.10 Å². The normalized spacial score (nSPS) is 11.8. The summed E-state index contributed by atoms with van der Waals surface area (Å²) in [7, 11) is 0. The minimum Gasteiger partial charge on any atom is -0.449 e. The number of rotatable bonds is 4. The zero-order valence-electron chi connectivity index (χ0n) is 10.00. The Bertz CT molecular complexity index is 463. The number of hydrogen-bond acceptors (Lipinski definition) is 3. The van der Waals surface area contributed by atoms with E-state index in [0.29, 0.717) is 11.6 Å². The lowest BCUT2D eigenvalue weighted by molar-refractivity contribution is -0.128. The molecular formula is C12H13Cl2NO3. The van der Waals surface area contributed by atoms with Crippen LogP contribution < -0.4 is 5.32 Å². The minimum absolute atomic E-state index is 0.139. The molecular weight excluding hydrogens is 277 g/mol. The topological polar surface area (TPSA) is 55.4 Å². The third kappa shape index (κ3) is 3.89. The van der Waals surface area contributed by atoms with Gasteiger partial charge < -0.3 is 10.1 Å². The van der Waals surface area contributed by atoms with Crippen LogP contribution in [0.1, 0.15) is 24.2 Å². The Morgan fingerprint density at radius 2 is 2.06 bits per heavy atom. The van der Waals surface area contributed by atoms with Gasteiger partial charge in [-0.3, -0.25) is 4.79 Å². The molecule has 1 aromatic carbocycles. The molecule has 0 aliphatic heterocycles. The number of benzene rings is 1. The Kier molecular flexibility index (Phi) is 5.44. The molecule has 0 radical (unpaired) electrons. The van der Waals surface area contributed by atoms with E-state index in [0.717, 1.165) is 0 Å². The predicted molar refractivity (Wildman–Crippen MR) is 70.0 cm³/mol. The van der Waals surface area contributed by atoms with Crippen LogP contribution in [0.4, 0.5) is 0 Å². The molecule has 0 fully saturated rings. The molecule has 1 atom stereocenters. The van der Waals surface area contributed by atoms with Crippen molar-refractivity contribution in [3.63, 3.8) is 0 Å². The maximum absolute atomic E-state index is 11.8. The highest BCUT2D eigenvalue weighted by atomic mass is 35.5. The Morgan fingerprint density at radius 3 is 2.67 bits per heavy atom. The largest absolute Gasteiger partial charge is 0.449 e. The molecule has 0 aliphatic rings. The summed E-state index contributed by atoms with van der Waals surface area (Å²) in [5.74, 6) is -1.04. The second kappa shape index (κ2) is 6.61. The quantitative estimate of drug-likeness (QED) is 0.867. The van der Waals surface area contributed by atoms with Crippen LogP contribution in [0.15, 0.2) is 18.2 Å². The average Bonchev–Trinajstić information content (AvgIpc) is 2.32. The number of nitrogens with one attached hydrogen (secondary N) is 1. The van der Waals surface area contributed by atoms with E-state index in [9.17, 15) is 9.59 Å². The van der Waals surface area contributed by atoms with Gasteiger partial charge in [-0.15, -0.1) is 0 Å². The Labute approximate surface area is 115 Å². The van der Waals surface area contributed by atoms with Crippen molar-refractivity contribution < 1.29 is 14.3 Å². The van der Waals surface area contributed by atoms with E-state index < -0.39 is 12.1 Å². The molecule has 1 N–H and O–H groups in total. The molecule has 1 aromatic rings. The van der Waals surface area contributed by atoms with Gasteiger partial charge in [-0.25, -0.2) is 4.79 Å². The van der Waals surface area contributed by atoms with Crippen molar-refractivity contribution in [1.29, 1.82) is 0 Å². The van der Waals surface area contributed by atoms with Crippen molar-refractivity contribution in [2.24, 2.45) is 0 Å². The fourth-order valence-electron chi connectivity index (χ4n) is 1.25. The van der Waals surface area contributed by atoms with Crippen LogP contribution in [0.2, 0.25) is 10.0 Å². The van der Waals surface area contributed by atoms with Crippen LogP contribution in [0.25, 0.3) is 0 Å². The van der Waals surface area contributed by atoms with E-state index >= 15 is 0 Å². The molecule has 0 heterocycles. The second-order valence-corrected chi connectivity index (χ2v) is 4.41. The van der Waals surface area contributed by atoms with Gasteiger partial charge in [0, 0.05) is 11.6 Å². The molecule has 0 saturated carbocycles. The van der Waals surface area contributed by atoms with Crippen molar-refractivity contribution >= 4 is 35.1 Å². The third-order valence-corrected chi connectivity index (χ3v) is 2.72. The molecule has 0 aliphatic carbocycles. The zero-order valence-corrected chi connectivity index (χ0v) is 11.5. The fourth-order valence-corrected chi connectivity index (χ4v) is 1.62. The molecule has 18 heavy (non-hydrogen) atoms. The van der Waals surface area contributed by atoms with Crippen molar-refractivity contribution in [1.82, 2.24) is 5.32 Å². The summed E-state index contributed by atoms with van der Waals surface area (Å²) in [6, 6.07) is 4.46. The van der Waals surface area contributed by atoms with Crippen molar-refractivity contribution in [2.75, 3.05) is 6.54 Å². The van der Waals surface area contributed by atoms with E-state index in [4.69, 9.17) is 27.9 Å². The first kappa shape index (κ1) is 14.8. The Balaban J connectivity index is 2.76. The number of likely N-dealkylation sites (N-methyl/N-ethyl adjacent to an activating group) is 1. The summed E-state index contributed by atoms with van der Waals surface area (Å²) in [5.41, 5.74) is 0.139. The lowest BCUT2D eigenvalue weighted by atomic mass is 10.2. The first-order chi connectivity index (χ1) is 8.45. The number of esters is 1. The summed E-state index contributed by atoms with van der Waals surface area (Å²) in [6.45, 7) is 3.74. The first-order valence-corrected chi connectivity index (χ1v) is 6.15. The zero-order chi connectivity index (χ0) is 13.7. The third-order valence-electron chi connectivity index (χ3n) is 2.15. The van der Waals surface area contributed by atoms with E-state index in [1.165, 1.54) is 19.1 Å². The summed E-state index contributed by atoms with van der Waals surface area (Å²) in [4.78, 5) is 23.2. The second-order valence-electron chi connectivity index (χ2n) is 3.57. The van der Waals surface area contributed by atoms with Crippen LogP contribution in [0.5, 0.6) is 0 Å². The standard InChI is InChI=1S/C12H13Cl2NO3/c1-3-15-11(16)7(2)18-12(17)9-6-8(13)4-5-10(9)14/h4-7H,3H2,1-2H3,(H,15,16)/t7-/m0/s1. The van der Waals surface area contributed by atoms with E-state index in [1.54, 1.807) is 13.0 Å². The Morgan fingerprint density at radius 1 is 1.39 bits per heavy atom. The number of hydrogen-bond donors (Lipinski definition) is 1. The predicted octanol–water partition coefficient (Wildman–Crippen LogP) is 2.67. The molecule has 0 aromatic heterocycles. The monoisotopic (exact) mass is 289 g/mol. The average molecular weight is 290 g/mol. The molecule has 0 bridgehead atoms. The molecule has 1 amide bonds. The molecule has 0 unspecified atom stereocenters. The van der Waals surface area contributed by atoms with Crippen LogP contribution in [-0.4, -0.2) is 24.5 Å². The number of halogens is 2.